The van der Waals surface area contributed by atoms with Gasteiger partial charge in [0.15, 0.2) is 0 Å². The number of nitrogens with one attached hydrogen (secondary N) is 1. The van der Waals surface area contributed by atoms with Crippen molar-refractivity contribution in [1.82, 2.24) is 15.0 Å². The van der Waals surface area contributed by atoms with Crippen LogP contribution in [0.1, 0.15) is 20.8 Å². The highest BCUT2D eigenvalue weighted by molar-refractivity contribution is 5.78. The Labute approximate surface area is 93.9 Å². The Morgan fingerprint density at radius 1 is 1.25 bits per heavy atom. The van der Waals surface area contributed by atoms with E-state index in [9.17, 15) is 0 Å². The highest BCUT2D eigenvalue weighted by Gasteiger charge is 2.06. The lowest BCUT2D eigenvalue weighted by molar-refractivity contribution is 0.297. The van der Waals surface area contributed by atoms with Crippen LogP contribution in [0.2, 0.25) is 0 Å². The number of aromatic nitrogens is 3. The van der Waals surface area contributed by atoms with Gasteiger partial charge in [0.25, 0.3) is 0 Å². The summed E-state index contributed by atoms with van der Waals surface area (Å²) in [7, 11) is 1.48. The standard InChI is InChI=1S/C9H15N5O2/c1-5-10-7-11-8(15-4)13-9(12-7)16-14-6(2)3/h5H2,1-4H3,(H,10,11,12,13). The van der Waals surface area contributed by atoms with E-state index in [2.05, 4.69) is 25.4 Å². The Hall–Kier alpha value is -1.92. The predicted molar refractivity (Wildman–Crippen MR) is 60.0 cm³/mol. The molecule has 0 unspecified atom stereocenters. The van der Waals surface area contributed by atoms with Gasteiger partial charge < -0.3 is 14.9 Å². The molecule has 1 rings (SSSR count). The number of methoxy groups -OCH3 is 1. The van der Waals surface area contributed by atoms with E-state index in [4.69, 9.17) is 9.57 Å². The van der Waals surface area contributed by atoms with Gasteiger partial charge in [0.2, 0.25) is 5.95 Å². The van der Waals surface area contributed by atoms with Crippen molar-refractivity contribution in [3.8, 4) is 12.0 Å². The maximum Gasteiger partial charge on any atom is 0.353 e. The Bertz CT molecular complexity index is 376. The zero-order chi connectivity index (χ0) is 12.0. The molecule has 1 aromatic rings. The molecule has 1 aromatic heterocycles. The number of ether oxygens (including phenoxy) is 1. The van der Waals surface area contributed by atoms with Gasteiger partial charge in [0, 0.05) is 6.54 Å². The molecule has 0 amide bonds. The van der Waals surface area contributed by atoms with Crippen LogP contribution in [0.15, 0.2) is 5.16 Å². The van der Waals surface area contributed by atoms with Crippen LogP contribution in [0.5, 0.6) is 12.0 Å². The second-order valence-electron chi connectivity index (χ2n) is 3.09. The molecule has 0 saturated carbocycles. The average Bonchev–Trinajstić information content (AvgIpc) is 2.26. The fourth-order valence-corrected chi connectivity index (χ4v) is 0.839. The van der Waals surface area contributed by atoms with Crippen LogP contribution in [-0.2, 0) is 0 Å². The monoisotopic (exact) mass is 225 g/mol. The Kier molecular flexibility index (Phi) is 4.43. The predicted octanol–water partition coefficient (Wildman–Crippen LogP) is 1.09. The van der Waals surface area contributed by atoms with Crippen molar-refractivity contribution in [2.75, 3.05) is 19.0 Å². The molecule has 0 aliphatic heterocycles. The van der Waals surface area contributed by atoms with Gasteiger partial charge in [-0.1, -0.05) is 5.16 Å². The molecule has 0 aliphatic rings. The zero-order valence-electron chi connectivity index (χ0n) is 9.81. The van der Waals surface area contributed by atoms with Gasteiger partial charge in [-0.3, -0.25) is 0 Å². The number of anilines is 1. The first kappa shape index (κ1) is 12.2. The average molecular weight is 225 g/mol. The molecule has 0 aromatic carbocycles. The van der Waals surface area contributed by atoms with E-state index >= 15 is 0 Å². The summed E-state index contributed by atoms with van der Waals surface area (Å²) in [5, 5.41) is 6.69. The van der Waals surface area contributed by atoms with Crippen LogP contribution in [0.3, 0.4) is 0 Å². The third-order valence-electron chi connectivity index (χ3n) is 1.42. The lowest BCUT2D eigenvalue weighted by Crippen LogP contribution is -2.06. The second-order valence-corrected chi connectivity index (χ2v) is 3.09. The van der Waals surface area contributed by atoms with Gasteiger partial charge in [-0.15, -0.1) is 4.98 Å². The zero-order valence-corrected chi connectivity index (χ0v) is 9.81. The van der Waals surface area contributed by atoms with Crippen molar-refractivity contribution in [2.45, 2.75) is 20.8 Å². The van der Waals surface area contributed by atoms with Crippen LogP contribution in [0, 0.1) is 0 Å². The number of rotatable bonds is 5. The van der Waals surface area contributed by atoms with Crippen molar-refractivity contribution in [3.63, 3.8) is 0 Å². The van der Waals surface area contributed by atoms with E-state index in [1.54, 1.807) is 0 Å². The van der Waals surface area contributed by atoms with Crippen LogP contribution >= 0.6 is 0 Å². The summed E-state index contributed by atoms with van der Waals surface area (Å²) in [5.41, 5.74) is 0.768. The number of hydrogen-bond acceptors (Lipinski definition) is 7. The number of nitrogens with zero attached hydrogens (tertiary/aromatic N) is 4. The van der Waals surface area contributed by atoms with E-state index in [1.807, 2.05) is 20.8 Å². The summed E-state index contributed by atoms with van der Waals surface area (Å²) in [6.07, 6.45) is 0. The summed E-state index contributed by atoms with van der Waals surface area (Å²) in [4.78, 5) is 16.9. The first-order chi connectivity index (χ1) is 7.65. The van der Waals surface area contributed by atoms with Crippen LogP contribution < -0.4 is 14.9 Å². The smallest absolute Gasteiger partial charge is 0.353 e. The van der Waals surface area contributed by atoms with Crippen LogP contribution in [0.25, 0.3) is 0 Å². The van der Waals surface area contributed by atoms with Crippen LogP contribution in [-0.4, -0.2) is 34.3 Å². The SMILES string of the molecule is CCNc1nc(OC)nc(ON=C(C)C)n1. The summed E-state index contributed by atoms with van der Waals surface area (Å²) in [5.74, 6) is 0.397. The molecule has 16 heavy (non-hydrogen) atoms. The lowest BCUT2D eigenvalue weighted by Gasteiger charge is -2.04. The van der Waals surface area contributed by atoms with E-state index < -0.39 is 0 Å². The number of hydrogen-bond donors (Lipinski definition) is 1. The molecule has 0 atom stereocenters. The van der Waals surface area contributed by atoms with Crippen LogP contribution in [0.4, 0.5) is 5.95 Å². The molecule has 0 bridgehead atoms. The molecule has 0 spiro atoms. The van der Waals surface area contributed by atoms with E-state index in [1.165, 1.54) is 7.11 Å². The molecule has 0 radical (unpaired) electrons. The fourth-order valence-electron chi connectivity index (χ4n) is 0.839. The molecule has 0 fully saturated rings. The fraction of sp³-hybridized carbons (Fsp3) is 0.556. The minimum Gasteiger partial charge on any atom is -0.467 e. The maximum absolute atomic E-state index is 5.00. The highest BCUT2D eigenvalue weighted by Crippen LogP contribution is 2.12. The first-order valence-electron chi connectivity index (χ1n) is 4.87. The third kappa shape index (κ3) is 3.68. The Balaban J connectivity index is 2.90. The summed E-state index contributed by atoms with van der Waals surface area (Å²) in [6.45, 7) is 6.25. The second kappa shape index (κ2) is 5.84. The number of oxime groups is 1. The molecule has 88 valence electrons. The minimum absolute atomic E-state index is 0.101. The largest absolute Gasteiger partial charge is 0.467 e. The van der Waals surface area contributed by atoms with Gasteiger partial charge in [-0.25, -0.2) is 0 Å². The molecule has 1 heterocycles. The van der Waals surface area contributed by atoms with Gasteiger partial charge in [-0.2, -0.15) is 9.97 Å². The maximum atomic E-state index is 5.00. The molecular weight excluding hydrogens is 210 g/mol. The van der Waals surface area contributed by atoms with Crippen molar-refractivity contribution >= 4 is 11.7 Å². The van der Waals surface area contributed by atoms with Gasteiger partial charge in [-0.05, 0) is 20.8 Å². The van der Waals surface area contributed by atoms with Crippen molar-refractivity contribution in [1.29, 1.82) is 0 Å². The quantitative estimate of drug-likeness (QED) is 0.596. The summed E-state index contributed by atoms with van der Waals surface area (Å²) in [6, 6.07) is 0.286. The van der Waals surface area contributed by atoms with E-state index in [-0.39, 0.29) is 12.0 Å². The molecular formula is C9H15N5O2. The molecule has 0 saturated heterocycles. The summed E-state index contributed by atoms with van der Waals surface area (Å²) < 4.78 is 4.92. The third-order valence-corrected chi connectivity index (χ3v) is 1.42. The molecule has 7 heteroatoms. The topological polar surface area (TPSA) is 81.5 Å². The van der Waals surface area contributed by atoms with Gasteiger partial charge in [0.1, 0.15) is 0 Å². The van der Waals surface area contributed by atoms with Gasteiger partial charge >= 0.3 is 12.0 Å². The van der Waals surface area contributed by atoms with Crippen molar-refractivity contribution in [2.24, 2.45) is 5.16 Å². The van der Waals surface area contributed by atoms with E-state index in [0.717, 1.165) is 5.71 Å². The van der Waals surface area contributed by atoms with Gasteiger partial charge in [0.05, 0.1) is 12.8 Å². The highest BCUT2D eigenvalue weighted by atomic mass is 16.6. The molecule has 7 nitrogen and oxygen atoms in total. The van der Waals surface area contributed by atoms with Crippen molar-refractivity contribution in [3.05, 3.63) is 0 Å². The Morgan fingerprint density at radius 2 is 1.94 bits per heavy atom. The molecule has 0 aliphatic carbocycles. The minimum atomic E-state index is 0.101. The molecule has 1 N–H and O–H groups in total. The summed E-state index contributed by atoms with van der Waals surface area (Å²) >= 11 is 0. The lowest BCUT2D eigenvalue weighted by atomic mass is 10.5. The van der Waals surface area contributed by atoms with Crippen molar-refractivity contribution < 1.29 is 9.57 Å². The van der Waals surface area contributed by atoms with E-state index in [0.29, 0.717) is 12.5 Å². The first-order valence-corrected chi connectivity index (χ1v) is 4.87. The Morgan fingerprint density at radius 3 is 2.50 bits per heavy atom. The normalized spacial score (nSPS) is 9.50.